The second-order valence-corrected chi connectivity index (χ2v) is 7.75. The predicted molar refractivity (Wildman–Crippen MR) is 106 cm³/mol. The number of carbonyl (C=O) groups is 1. The molecule has 0 spiro atoms. The van der Waals surface area contributed by atoms with Crippen molar-refractivity contribution in [3.05, 3.63) is 24.8 Å². The normalized spacial score (nSPS) is 25.7. The molecule has 0 aromatic heterocycles. The first-order valence-corrected chi connectivity index (χ1v) is 10.3. The van der Waals surface area contributed by atoms with Crippen molar-refractivity contribution in [2.75, 3.05) is 6.61 Å². The van der Waals surface area contributed by atoms with Crippen molar-refractivity contribution in [3.8, 4) is 0 Å². The fraction of sp³-hybridized carbons (Fsp3) is 0.773. The highest BCUT2D eigenvalue weighted by Gasteiger charge is 2.39. The number of unbranched alkanes of at least 4 members (excludes halogenated alkanes) is 5. The summed E-state index contributed by atoms with van der Waals surface area (Å²) in [7, 11) is 0. The summed E-state index contributed by atoms with van der Waals surface area (Å²) in [5.41, 5.74) is -0.901. The molecule has 26 heavy (non-hydrogen) atoms. The van der Waals surface area contributed by atoms with E-state index in [9.17, 15) is 15.0 Å². The van der Waals surface area contributed by atoms with Gasteiger partial charge in [0.1, 0.15) is 5.78 Å². The van der Waals surface area contributed by atoms with Crippen LogP contribution >= 0.6 is 0 Å². The van der Waals surface area contributed by atoms with Gasteiger partial charge in [-0.25, -0.2) is 0 Å². The number of rotatable bonds is 14. The van der Waals surface area contributed by atoms with E-state index in [4.69, 9.17) is 5.11 Å². The quantitative estimate of drug-likeness (QED) is 0.321. The number of aliphatic hydroxyl groups is 3. The average molecular weight is 367 g/mol. The van der Waals surface area contributed by atoms with Crippen LogP contribution in [0.15, 0.2) is 24.8 Å². The maximum absolute atomic E-state index is 12.2. The summed E-state index contributed by atoms with van der Waals surface area (Å²) in [5.74, 6) is -0.0841. The van der Waals surface area contributed by atoms with Crippen LogP contribution in [0.2, 0.25) is 0 Å². The summed E-state index contributed by atoms with van der Waals surface area (Å²) in [6.45, 7) is 6.08. The van der Waals surface area contributed by atoms with Crippen LogP contribution < -0.4 is 0 Å². The Hall–Kier alpha value is -0.970. The SMILES string of the molecule is C=CC(O)(CC=C[C@H]1[C@H](O)CC(=O)[C@@H]1CCCCCCCO)CCCC. The van der Waals surface area contributed by atoms with E-state index >= 15 is 0 Å². The van der Waals surface area contributed by atoms with Gasteiger partial charge in [-0.3, -0.25) is 4.79 Å². The molecule has 0 bridgehead atoms. The number of Topliss-reactive ketones (excluding diaryl/α,β-unsaturated/α-hetero) is 1. The summed E-state index contributed by atoms with van der Waals surface area (Å²) in [4.78, 5) is 12.2. The van der Waals surface area contributed by atoms with Gasteiger partial charge in [-0.1, -0.05) is 63.7 Å². The van der Waals surface area contributed by atoms with Crippen LogP contribution in [0.4, 0.5) is 0 Å². The van der Waals surface area contributed by atoms with E-state index in [1.54, 1.807) is 6.08 Å². The van der Waals surface area contributed by atoms with E-state index in [1.165, 1.54) is 0 Å². The Bertz CT molecular complexity index is 445. The van der Waals surface area contributed by atoms with E-state index in [1.807, 2.05) is 12.2 Å². The van der Waals surface area contributed by atoms with Gasteiger partial charge in [0, 0.05) is 24.9 Å². The first-order chi connectivity index (χ1) is 12.5. The summed E-state index contributed by atoms with van der Waals surface area (Å²) in [5, 5.41) is 29.6. The summed E-state index contributed by atoms with van der Waals surface area (Å²) in [6.07, 6.45) is 14.0. The fourth-order valence-corrected chi connectivity index (χ4v) is 3.80. The minimum absolute atomic E-state index is 0.105. The minimum Gasteiger partial charge on any atom is -0.396 e. The lowest BCUT2D eigenvalue weighted by atomic mass is 9.87. The smallest absolute Gasteiger partial charge is 0.139 e. The number of hydrogen-bond acceptors (Lipinski definition) is 4. The molecular formula is C22H38O4. The van der Waals surface area contributed by atoms with Crippen molar-refractivity contribution in [2.45, 2.75) is 89.3 Å². The van der Waals surface area contributed by atoms with Crippen LogP contribution in [0.25, 0.3) is 0 Å². The van der Waals surface area contributed by atoms with Crippen molar-refractivity contribution in [2.24, 2.45) is 11.8 Å². The van der Waals surface area contributed by atoms with Crippen molar-refractivity contribution in [1.82, 2.24) is 0 Å². The molecule has 1 aliphatic carbocycles. The van der Waals surface area contributed by atoms with Crippen LogP contribution in [-0.2, 0) is 4.79 Å². The number of hydrogen-bond donors (Lipinski definition) is 3. The minimum atomic E-state index is -0.901. The Kier molecular flexibility index (Phi) is 11.0. The molecule has 0 aliphatic heterocycles. The highest BCUT2D eigenvalue weighted by atomic mass is 16.3. The zero-order chi connectivity index (χ0) is 19.4. The third kappa shape index (κ3) is 7.73. The first-order valence-electron chi connectivity index (χ1n) is 10.3. The standard InChI is InChI=1S/C22H38O4/c1-3-5-14-22(26,4-2)15-11-13-19-18(20(24)17-21(19)25)12-9-7-6-8-10-16-23/h4,11,13,18-19,21,23,25-26H,2-3,5-10,12,14-17H2,1H3/t18-,19-,21-,22?/m1/s1. The molecule has 150 valence electrons. The lowest BCUT2D eigenvalue weighted by Crippen LogP contribution is -2.25. The third-order valence-corrected chi connectivity index (χ3v) is 5.58. The fourth-order valence-electron chi connectivity index (χ4n) is 3.80. The van der Waals surface area contributed by atoms with Gasteiger partial charge in [-0.05, 0) is 25.7 Å². The highest BCUT2D eigenvalue weighted by Crippen LogP contribution is 2.34. The Morgan fingerprint density at radius 2 is 1.88 bits per heavy atom. The number of aliphatic hydroxyl groups excluding tert-OH is 2. The lowest BCUT2D eigenvalue weighted by molar-refractivity contribution is -0.121. The second kappa shape index (κ2) is 12.4. The van der Waals surface area contributed by atoms with Gasteiger partial charge in [0.15, 0.2) is 0 Å². The van der Waals surface area contributed by atoms with Crippen molar-refractivity contribution in [3.63, 3.8) is 0 Å². The molecule has 0 saturated heterocycles. The Labute approximate surface area is 159 Å². The molecule has 1 saturated carbocycles. The molecule has 0 aromatic carbocycles. The van der Waals surface area contributed by atoms with Crippen molar-refractivity contribution in [1.29, 1.82) is 0 Å². The third-order valence-electron chi connectivity index (χ3n) is 5.58. The van der Waals surface area contributed by atoms with Crippen LogP contribution in [0.3, 0.4) is 0 Å². The zero-order valence-corrected chi connectivity index (χ0v) is 16.4. The van der Waals surface area contributed by atoms with Crippen LogP contribution in [0, 0.1) is 11.8 Å². The average Bonchev–Trinajstić information content (AvgIpc) is 2.89. The molecule has 1 aliphatic rings. The molecule has 4 nitrogen and oxygen atoms in total. The highest BCUT2D eigenvalue weighted by molar-refractivity contribution is 5.84. The summed E-state index contributed by atoms with van der Waals surface area (Å²) >= 11 is 0. The van der Waals surface area contributed by atoms with E-state index < -0.39 is 11.7 Å². The van der Waals surface area contributed by atoms with Crippen molar-refractivity contribution >= 4 is 5.78 Å². The van der Waals surface area contributed by atoms with Crippen LogP contribution in [-0.4, -0.2) is 39.4 Å². The van der Waals surface area contributed by atoms with Gasteiger partial charge in [-0.2, -0.15) is 0 Å². The maximum Gasteiger partial charge on any atom is 0.139 e. The largest absolute Gasteiger partial charge is 0.396 e. The Morgan fingerprint density at radius 3 is 2.54 bits per heavy atom. The van der Waals surface area contributed by atoms with Gasteiger partial charge < -0.3 is 15.3 Å². The molecule has 1 fully saturated rings. The Morgan fingerprint density at radius 1 is 1.19 bits per heavy atom. The molecule has 0 heterocycles. The van der Waals surface area contributed by atoms with E-state index in [0.29, 0.717) is 12.8 Å². The predicted octanol–water partition coefficient (Wildman–Crippen LogP) is 3.94. The second-order valence-electron chi connectivity index (χ2n) is 7.75. The van der Waals surface area contributed by atoms with Crippen LogP contribution in [0.5, 0.6) is 0 Å². The molecular weight excluding hydrogens is 328 g/mol. The van der Waals surface area contributed by atoms with Crippen molar-refractivity contribution < 1.29 is 20.1 Å². The Balaban J connectivity index is 2.52. The topological polar surface area (TPSA) is 77.8 Å². The first kappa shape index (κ1) is 23.1. The van der Waals surface area contributed by atoms with Gasteiger partial charge in [0.25, 0.3) is 0 Å². The summed E-state index contributed by atoms with van der Waals surface area (Å²) < 4.78 is 0. The maximum atomic E-state index is 12.2. The monoisotopic (exact) mass is 366 g/mol. The molecule has 3 N–H and O–H groups in total. The number of ketones is 1. The van der Waals surface area contributed by atoms with Crippen LogP contribution in [0.1, 0.15) is 77.6 Å². The molecule has 1 rings (SSSR count). The molecule has 4 atom stereocenters. The molecule has 4 heteroatoms. The zero-order valence-electron chi connectivity index (χ0n) is 16.4. The van der Waals surface area contributed by atoms with E-state index in [-0.39, 0.29) is 30.6 Å². The van der Waals surface area contributed by atoms with E-state index in [2.05, 4.69) is 13.5 Å². The van der Waals surface area contributed by atoms with Gasteiger partial charge >= 0.3 is 0 Å². The van der Waals surface area contributed by atoms with Gasteiger partial charge in [0.05, 0.1) is 11.7 Å². The molecule has 1 unspecified atom stereocenters. The van der Waals surface area contributed by atoms with E-state index in [0.717, 1.165) is 51.4 Å². The molecule has 0 amide bonds. The lowest BCUT2D eigenvalue weighted by Gasteiger charge is -2.23. The summed E-state index contributed by atoms with van der Waals surface area (Å²) in [6, 6.07) is 0. The number of carbonyl (C=O) groups excluding carboxylic acids is 1. The molecule has 0 aromatic rings. The van der Waals surface area contributed by atoms with Gasteiger partial charge in [0.2, 0.25) is 0 Å². The molecule has 0 radical (unpaired) electrons. The van der Waals surface area contributed by atoms with Gasteiger partial charge in [-0.15, -0.1) is 6.58 Å².